The molecule has 20 heavy (non-hydrogen) atoms. The monoisotopic (exact) mass is 288 g/mol. The van der Waals surface area contributed by atoms with Gasteiger partial charge in [-0.2, -0.15) is 5.26 Å². The van der Waals surface area contributed by atoms with Crippen molar-refractivity contribution in [1.29, 1.82) is 5.26 Å². The van der Waals surface area contributed by atoms with Crippen molar-refractivity contribution < 1.29 is 14.3 Å². The molecular weight excluding hydrogens is 279 g/mol. The molecule has 0 unspecified atom stereocenters. The van der Waals surface area contributed by atoms with Gasteiger partial charge in [-0.05, 0) is 29.8 Å². The summed E-state index contributed by atoms with van der Waals surface area (Å²) in [5, 5.41) is 18.0. The van der Waals surface area contributed by atoms with Crippen molar-refractivity contribution in [3.05, 3.63) is 59.0 Å². The van der Waals surface area contributed by atoms with E-state index < -0.39 is 11.8 Å². The number of halogens is 1. The Hall–Kier alpha value is -2.39. The standard InChI is InChI=1S/C14H9FN2O2S/c15-12-5-9(7-16)1-2-11(12)8-20-13-6-10(14(18)19)3-4-17-13/h1-6H,8H2,(H,18,19). The third-order valence-corrected chi connectivity index (χ3v) is 3.51. The molecule has 0 saturated carbocycles. The molecule has 1 aromatic carbocycles. The molecule has 0 atom stereocenters. The first-order chi connectivity index (χ1) is 9.60. The van der Waals surface area contributed by atoms with Gasteiger partial charge in [-0.3, -0.25) is 0 Å². The molecular formula is C14H9FN2O2S. The molecule has 0 saturated heterocycles. The van der Waals surface area contributed by atoms with Gasteiger partial charge in [0.15, 0.2) is 0 Å². The Morgan fingerprint density at radius 3 is 2.85 bits per heavy atom. The zero-order valence-electron chi connectivity index (χ0n) is 10.2. The summed E-state index contributed by atoms with van der Waals surface area (Å²) in [6.07, 6.45) is 1.40. The number of thioether (sulfide) groups is 1. The molecule has 100 valence electrons. The fourth-order valence-corrected chi connectivity index (χ4v) is 2.39. The van der Waals surface area contributed by atoms with Gasteiger partial charge in [0.2, 0.25) is 0 Å². The Kier molecular flexibility index (Phi) is 4.33. The van der Waals surface area contributed by atoms with Crippen molar-refractivity contribution >= 4 is 17.7 Å². The SMILES string of the molecule is N#Cc1ccc(CSc2cc(C(=O)O)ccn2)c(F)c1. The maximum atomic E-state index is 13.7. The van der Waals surface area contributed by atoms with Crippen molar-refractivity contribution in [2.75, 3.05) is 0 Å². The smallest absolute Gasteiger partial charge is 0.335 e. The minimum absolute atomic E-state index is 0.141. The molecule has 1 heterocycles. The van der Waals surface area contributed by atoms with E-state index in [0.717, 1.165) is 0 Å². The summed E-state index contributed by atoms with van der Waals surface area (Å²) in [6.45, 7) is 0. The number of carboxylic acid groups (broad SMARTS) is 1. The number of hydrogen-bond acceptors (Lipinski definition) is 4. The number of carboxylic acids is 1. The molecule has 2 rings (SSSR count). The second kappa shape index (κ2) is 6.17. The molecule has 0 aliphatic rings. The van der Waals surface area contributed by atoms with E-state index in [2.05, 4.69) is 4.98 Å². The third kappa shape index (κ3) is 3.33. The van der Waals surface area contributed by atoms with Crippen LogP contribution < -0.4 is 0 Å². The Morgan fingerprint density at radius 1 is 1.40 bits per heavy atom. The van der Waals surface area contributed by atoms with Crippen LogP contribution in [-0.2, 0) is 5.75 Å². The lowest BCUT2D eigenvalue weighted by molar-refractivity contribution is 0.0696. The van der Waals surface area contributed by atoms with Crippen molar-refractivity contribution in [2.24, 2.45) is 0 Å². The average Bonchev–Trinajstić information content (AvgIpc) is 2.46. The van der Waals surface area contributed by atoms with Gasteiger partial charge in [0.05, 0.1) is 22.2 Å². The molecule has 6 heteroatoms. The molecule has 4 nitrogen and oxygen atoms in total. The number of pyridine rings is 1. The first kappa shape index (κ1) is 14.0. The predicted octanol–water partition coefficient (Wildman–Crippen LogP) is 3.08. The minimum atomic E-state index is -1.03. The van der Waals surface area contributed by atoms with E-state index in [1.807, 2.05) is 6.07 Å². The number of benzene rings is 1. The van der Waals surface area contributed by atoms with Gasteiger partial charge in [0.25, 0.3) is 0 Å². The highest BCUT2D eigenvalue weighted by Crippen LogP contribution is 2.23. The molecule has 0 bridgehead atoms. The summed E-state index contributed by atoms with van der Waals surface area (Å²) in [7, 11) is 0. The van der Waals surface area contributed by atoms with Crippen molar-refractivity contribution in [3.63, 3.8) is 0 Å². The lowest BCUT2D eigenvalue weighted by Gasteiger charge is -2.04. The third-order valence-electron chi connectivity index (χ3n) is 2.54. The molecule has 1 aromatic heterocycles. The summed E-state index contributed by atoms with van der Waals surface area (Å²) < 4.78 is 13.7. The van der Waals surface area contributed by atoms with Crippen LogP contribution in [0.4, 0.5) is 4.39 Å². The van der Waals surface area contributed by atoms with Crippen LogP contribution in [0, 0.1) is 17.1 Å². The number of hydrogen-bond donors (Lipinski definition) is 1. The zero-order chi connectivity index (χ0) is 14.5. The molecule has 2 aromatic rings. The summed E-state index contributed by atoms with van der Waals surface area (Å²) in [5.74, 6) is -1.17. The molecule has 0 aliphatic heterocycles. The Bertz CT molecular complexity index is 698. The van der Waals surface area contributed by atoms with Crippen LogP contribution in [0.1, 0.15) is 21.5 Å². The Morgan fingerprint density at radius 2 is 2.20 bits per heavy atom. The van der Waals surface area contributed by atoms with Gasteiger partial charge in [-0.15, -0.1) is 11.8 Å². The van der Waals surface area contributed by atoms with E-state index in [1.54, 1.807) is 12.1 Å². The lowest BCUT2D eigenvalue weighted by atomic mass is 10.1. The average molecular weight is 288 g/mol. The quantitative estimate of drug-likeness (QED) is 0.875. The number of aromatic carboxylic acids is 1. The van der Waals surface area contributed by atoms with Crippen LogP contribution in [0.25, 0.3) is 0 Å². The zero-order valence-corrected chi connectivity index (χ0v) is 11.0. The lowest BCUT2D eigenvalue weighted by Crippen LogP contribution is -1.97. The Balaban J connectivity index is 2.11. The summed E-state index contributed by atoms with van der Waals surface area (Å²) in [4.78, 5) is 14.8. The number of rotatable bonds is 4. The predicted molar refractivity (Wildman–Crippen MR) is 71.9 cm³/mol. The summed E-state index contributed by atoms with van der Waals surface area (Å²) >= 11 is 1.24. The number of nitrogens with zero attached hydrogens (tertiary/aromatic N) is 2. The number of aromatic nitrogens is 1. The highest BCUT2D eigenvalue weighted by molar-refractivity contribution is 7.98. The second-order valence-electron chi connectivity index (χ2n) is 3.89. The van der Waals surface area contributed by atoms with Crippen LogP contribution in [0.15, 0.2) is 41.6 Å². The molecule has 0 radical (unpaired) electrons. The number of carbonyl (C=O) groups is 1. The van der Waals surface area contributed by atoms with Crippen LogP contribution >= 0.6 is 11.8 Å². The van der Waals surface area contributed by atoms with Crippen LogP contribution in [-0.4, -0.2) is 16.1 Å². The van der Waals surface area contributed by atoms with E-state index in [1.165, 1.54) is 36.2 Å². The summed E-state index contributed by atoms with van der Waals surface area (Å²) in [6, 6.07) is 8.96. The topological polar surface area (TPSA) is 74.0 Å². The van der Waals surface area contributed by atoms with Gasteiger partial charge in [0.1, 0.15) is 5.82 Å². The van der Waals surface area contributed by atoms with Gasteiger partial charge in [0, 0.05) is 11.9 Å². The van der Waals surface area contributed by atoms with Gasteiger partial charge in [-0.25, -0.2) is 14.2 Å². The largest absolute Gasteiger partial charge is 0.478 e. The molecule has 0 spiro atoms. The van der Waals surface area contributed by atoms with Crippen molar-refractivity contribution in [2.45, 2.75) is 10.8 Å². The van der Waals surface area contributed by atoms with E-state index in [4.69, 9.17) is 10.4 Å². The van der Waals surface area contributed by atoms with Crippen LogP contribution in [0.2, 0.25) is 0 Å². The first-order valence-corrected chi connectivity index (χ1v) is 6.59. The van der Waals surface area contributed by atoms with E-state index in [-0.39, 0.29) is 11.1 Å². The van der Waals surface area contributed by atoms with Crippen LogP contribution in [0.3, 0.4) is 0 Å². The van der Waals surface area contributed by atoms with Crippen molar-refractivity contribution in [1.82, 2.24) is 4.98 Å². The van der Waals surface area contributed by atoms with Crippen molar-refractivity contribution in [3.8, 4) is 6.07 Å². The maximum Gasteiger partial charge on any atom is 0.335 e. The van der Waals surface area contributed by atoms with Gasteiger partial charge >= 0.3 is 5.97 Å². The van der Waals surface area contributed by atoms with E-state index >= 15 is 0 Å². The molecule has 0 amide bonds. The fraction of sp³-hybridized carbons (Fsp3) is 0.0714. The second-order valence-corrected chi connectivity index (χ2v) is 4.89. The van der Waals surface area contributed by atoms with Gasteiger partial charge < -0.3 is 5.11 Å². The number of nitriles is 1. The minimum Gasteiger partial charge on any atom is -0.478 e. The molecule has 0 fully saturated rings. The van der Waals surface area contributed by atoms with Crippen LogP contribution in [0.5, 0.6) is 0 Å². The highest BCUT2D eigenvalue weighted by atomic mass is 32.2. The van der Waals surface area contributed by atoms with E-state index in [0.29, 0.717) is 16.3 Å². The van der Waals surface area contributed by atoms with Gasteiger partial charge in [-0.1, -0.05) is 6.07 Å². The first-order valence-electron chi connectivity index (χ1n) is 5.61. The van der Waals surface area contributed by atoms with E-state index in [9.17, 15) is 9.18 Å². The summed E-state index contributed by atoms with van der Waals surface area (Å²) in [5.41, 5.74) is 0.849. The molecule has 0 aliphatic carbocycles. The highest BCUT2D eigenvalue weighted by Gasteiger charge is 2.07. The Labute approximate surface area is 118 Å². The fourth-order valence-electron chi connectivity index (χ4n) is 1.51. The maximum absolute atomic E-state index is 13.7. The molecule has 1 N–H and O–H groups in total. The normalized spacial score (nSPS) is 10.0.